The van der Waals surface area contributed by atoms with E-state index in [0.717, 1.165) is 0 Å². The van der Waals surface area contributed by atoms with Crippen LogP contribution >= 0.6 is 21.2 Å². The lowest BCUT2D eigenvalue weighted by atomic mass is 10.00. The van der Waals surface area contributed by atoms with Crippen LogP contribution in [-0.2, 0) is 14.1 Å². The molecule has 1 atom stereocenters. The van der Waals surface area contributed by atoms with E-state index >= 15 is 0 Å². The third-order valence-electron chi connectivity index (χ3n) is 1.42. The highest BCUT2D eigenvalue weighted by Crippen LogP contribution is 2.22. The molecular formula is C9H19O3PS. The molecule has 3 nitrogen and oxygen atoms in total. The Balaban J connectivity index is 3.33. The molecule has 0 rings (SSSR count). The highest BCUT2D eigenvalue weighted by Gasteiger charge is 2.20. The molecule has 0 aliphatic rings. The molecule has 0 radical (unpaired) electrons. The predicted octanol–water partition coefficient (Wildman–Crippen LogP) is 2.12. The first-order chi connectivity index (χ1) is 6.48. The second-order valence-corrected chi connectivity index (χ2v) is 5.27. The summed E-state index contributed by atoms with van der Waals surface area (Å²) >= 11 is 1.33. The van der Waals surface area contributed by atoms with E-state index < -0.39 is 0 Å². The van der Waals surface area contributed by atoms with Crippen LogP contribution in [0, 0.1) is 5.41 Å². The van der Waals surface area contributed by atoms with Crippen LogP contribution in [-0.4, -0.2) is 30.7 Å². The van der Waals surface area contributed by atoms with E-state index in [1.165, 1.54) is 11.8 Å². The molecule has 0 spiro atoms. The van der Waals surface area contributed by atoms with Gasteiger partial charge in [-0.05, 0) is 0 Å². The fourth-order valence-electron chi connectivity index (χ4n) is 0.619. The van der Waals surface area contributed by atoms with Gasteiger partial charge in [-0.25, -0.2) is 0 Å². The first kappa shape index (κ1) is 14.4. The quantitative estimate of drug-likeness (QED) is 0.524. The molecule has 0 bridgehead atoms. The SMILES string of the molecule is CC(C)(C)C(=O)SCCOCCOP. The zero-order valence-electron chi connectivity index (χ0n) is 9.04. The summed E-state index contributed by atoms with van der Waals surface area (Å²) in [5, 5.41) is 0.211. The van der Waals surface area contributed by atoms with Gasteiger partial charge in [0, 0.05) is 20.6 Å². The van der Waals surface area contributed by atoms with E-state index in [-0.39, 0.29) is 10.5 Å². The second-order valence-electron chi connectivity index (χ2n) is 3.87. The molecule has 0 aliphatic heterocycles. The van der Waals surface area contributed by atoms with Gasteiger partial charge in [0.25, 0.3) is 0 Å². The molecule has 0 saturated carbocycles. The normalized spacial score (nSPS) is 11.7. The van der Waals surface area contributed by atoms with Crippen LogP contribution in [0.5, 0.6) is 0 Å². The van der Waals surface area contributed by atoms with Crippen molar-refractivity contribution >= 4 is 26.3 Å². The molecule has 0 aliphatic carbocycles. The standard InChI is InChI=1S/C9H19O3PS/c1-9(2,3)8(10)14-7-6-11-4-5-12-13/h4-7,13H2,1-3H3. The van der Waals surface area contributed by atoms with Crippen LogP contribution < -0.4 is 0 Å². The molecule has 5 heteroatoms. The van der Waals surface area contributed by atoms with Gasteiger partial charge in [0.2, 0.25) is 0 Å². The molecular weight excluding hydrogens is 219 g/mol. The fraction of sp³-hybridized carbons (Fsp3) is 0.889. The smallest absolute Gasteiger partial charge is 0.194 e. The predicted molar refractivity (Wildman–Crippen MR) is 63.4 cm³/mol. The van der Waals surface area contributed by atoms with E-state index in [0.29, 0.717) is 25.6 Å². The highest BCUT2D eigenvalue weighted by molar-refractivity contribution is 8.13. The summed E-state index contributed by atoms with van der Waals surface area (Å²) in [6, 6.07) is 0. The Morgan fingerprint density at radius 2 is 1.93 bits per heavy atom. The third kappa shape index (κ3) is 7.74. The minimum atomic E-state index is -0.256. The molecule has 0 aromatic heterocycles. The number of rotatable bonds is 6. The monoisotopic (exact) mass is 238 g/mol. The first-order valence-electron chi connectivity index (χ1n) is 4.55. The van der Waals surface area contributed by atoms with E-state index in [1.54, 1.807) is 0 Å². The summed E-state index contributed by atoms with van der Waals surface area (Å²) in [7, 11) is 2.17. The second kappa shape index (κ2) is 7.63. The maximum Gasteiger partial charge on any atom is 0.194 e. The zero-order chi connectivity index (χ0) is 11.0. The Hall–Kier alpha value is 0.370. The topological polar surface area (TPSA) is 35.5 Å². The van der Waals surface area contributed by atoms with Gasteiger partial charge < -0.3 is 9.26 Å². The van der Waals surface area contributed by atoms with E-state index in [1.807, 2.05) is 20.8 Å². The average molecular weight is 238 g/mol. The largest absolute Gasteiger partial charge is 0.378 e. The van der Waals surface area contributed by atoms with Crippen LogP contribution in [0.1, 0.15) is 20.8 Å². The molecule has 0 N–H and O–H groups in total. The van der Waals surface area contributed by atoms with Gasteiger partial charge in [0.15, 0.2) is 5.12 Å². The van der Waals surface area contributed by atoms with Gasteiger partial charge in [-0.2, -0.15) is 0 Å². The van der Waals surface area contributed by atoms with Crippen molar-refractivity contribution < 1.29 is 14.1 Å². The molecule has 84 valence electrons. The number of carbonyl (C=O) groups excluding carboxylic acids is 1. The molecule has 0 fully saturated rings. The van der Waals surface area contributed by atoms with Crippen LogP contribution in [0.15, 0.2) is 0 Å². The Kier molecular flexibility index (Phi) is 7.84. The maximum absolute atomic E-state index is 11.4. The molecule has 1 unspecified atom stereocenters. The van der Waals surface area contributed by atoms with Crippen LogP contribution in [0.2, 0.25) is 0 Å². The highest BCUT2D eigenvalue weighted by atomic mass is 32.2. The summed E-state index contributed by atoms with van der Waals surface area (Å²) in [5.41, 5.74) is -0.256. The average Bonchev–Trinajstić information content (AvgIpc) is 2.09. The van der Waals surface area contributed by atoms with Crippen molar-refractivity contribution in [3.63, 3.8) is 0 Å². The molecule has 0 aromatic carbocycles. The summed E-state index contributed by atoms with van der Waals surface area (Å²) in [4.78, 5) is 11.4. The fourth-order valence-corrected chi connectivity index (χ4v) is 1.53. The number of thioether (sulfide) groups is 1. The summed E-state index contributed by atoms with van der Waals surface area (Å²) in [6.07, 6.45) is 0. The number of ether oxygens (including phenoxy) is 1. The van der Waals surface area contributed by atoms with Crippen LogP contribution in [0.25, 0.3) is 0 Å². The summed E-state index contributed by atoms with van der Waals surface area (Å²) < 4.78 is 9.97. The van der Waals surface area contributed by atoms with Gasteiger partial charge in [0.1, 0.15) is 0 Å². The van der Waals surface area contributed by atoms with Crippen molar-refractivity contribution in [2.75, 3.05) is 25.6 Å². The van der Waals surface area contributed by atoms with Crippen molar-refractivity contribution in [1.29, 1.82) is 0 Å². The minimum Gasteiger partial charge on any atom is -0.378 e. The van der Waals surface area contributed by atoms with Crippen molar-refractivity contribution in [3.8, 4) is 0 Å². The Bertz CT molecular complexity index is 168. The third-order valence-corrected chi connectivity index (χ3v) is 2.90. The van der Waals surface area contributed by atoms with Crippen LogP contribution in [0.4, 0.5) is 0 Å². The number of hydrogen-bond donors (Lipinski definition) is 0. The minimum absolute atomic E-state index is 0.211. The lowest BCUT2D eigenvalue weighted by Crippen LogP contribution is -2.17. The van der Waals surface area contributed by atoms with Gasteiger partial charge >= 0.3 is 0 Å². The van der Waals surface area contributed by atoms with E-state index in [4.69, 9.17) is 9.26 Å². The van der Waals surface area contributed by atoms with Crippen molar-refractivity contribution in [2.24, 2.45) is 5.41 Å². The van der Waals surface area contributed by atoms with Crippen molar-refractivity contribution in [3.05, 3.63) is 0 Å². The Morgan fingerprint density at radius 3 is 2.43 bits per heavy atom. The Labute approximate surface area is 92.6 Å². The molecule has 0 amide bonds. The van der Waals surface area contributed by atoms with Crippen molar-refractivity contribution in [1.82, 2.24) is 0 Å². The zero-order valence-corrected chi connectivity index (χ0v) is 11.0. The Morgan fingerprint density at radius 1 is 1.29 bits per heavy atom. The van der Waals surface area contributed by atoms with Gasteiger partial charge in [0.05, 0.1) is 19.8 Å². The maximum atomic E-state index is 11.4. The lowest BCUT2D eigenvalue weighted by molar-refractivity contribution is -0.117. The van der Waals surface area contributed by atoms with Gasteiger partial charge in [-0.3, -0.25) is 4.79 Å². The summed E-state index contributed by atoms with van der Waals surface area (Å²) in [6.45, 7) is 7.51. The first-order valence-corrected chi connectivity index (χ1v) is 6.01. The molecule has 0 aromatic rings. The van der Waals surface area contributed by atoms with Gasteiger partial charge in [-0.15, -0.1) is 0 Å². The number of carbonyl (C=O) groups is 1. The summed E-state index contributed by atoms with van der Waals surface area (Å²) in [5.74, 6) is 0.715. The van der Waals surface area contributed by atoms with Gasteiger partial charge in [-0.1, -0.05) is 32.5 Å². The van der Waals surface area contributed by atoms with Crippen LogP contribution in [0.3, 0.4) is 0 Å². The molecule has 14 heavy (non-hydrogen) atoms. The number of hydrogen-bond acceptors (Lipinski definition) is 4. The van der Waals surface area contributed by atoms with E-state index in [2.05, 4.69) is 9.47 Å². The van der Waals surface area contributed by atoms with Crippen molar-refractivity contribution in [2.45, 2.75) is 20.8 Å². The van der Waals surface area contributed by atoms with E-state index in [9.17, 15) is 4.79 Å². The lowest BCUT2D eigenvalue weighted by Gasteiger charge is -2.15. The molecule has 0 saturated heterocycles. The molecule has 0 heterocycles.